The summed E-state index contributed by atoms with van der Waals surface area (Å²) in [6.45, 7) is 4.92. The van der Waals surface area contributed by atoms with E-state index in [1.54, 1.807) is 0 Å². The Bertz CT molecular complexity index is 346. The Labute approximate surface area is 103 Å². The third-order valence-corrected chi connectivity index (χ3v) is 2.99. The van der Waals surface area contributed by atoms with Crippen LogP contribution in [0.15, 0.2) is 12.3 Å². The van der Waals surface area contributed by atoms with E-state index < -0.39 is 0 Å². The van der Waals surface area contributed by atoms with Crippen molar-refractivity contribution < 1.29 is 4.79 Å². The summed E-state index contributed by atoms with van der Waals surface area (Å²) in [6.07, 6.45) is 5.89. The molecule has 1 atom stereocenters. The second-order valence-electron chi connectivity index (χ2n) is 4.51. The van der Waals surface area contributed by atoms with Gasteiger partial charge in [0.25, 0.3) is 0 Å². The van der Waals surface area contributed by atoms with Crippen LogP contribution in [-0.4, -0.2) is 22.1 Å². The Hall–Kier alpha value is -1.16. The van der Waals surface area contributed by atoms with Gasteiger partial charge >= 0.3 is 0 Å². The van der Waals surface area contributed by atoms with Crippen molar-refractivity contribution in [2.75, 3.05) is 6.54 Å². The first-order valence-corrected chi connectivity index (χ1v) is 6.43. The molecule has 0 aromatic carbocycles. The molecule has 0 saturated carbocycles. The second-order valence-corrected chi connectivity index (χ2v) is 4.51. The first-order valence-electron chi connectivity index (χ1n) is 6.43. The molecule has 1 unspecified atom stereocenters. The van der Waals surface area contributed by atoms with Crippen molar-refractivity contribution in [1.29, 1.82) is 0 Å². The van der Waals surface area contributed by atoms with E-state index in [0.29, 0.717) is 25.4 Å². The molecule has 4 heteroatoms. The number of hydrogen-bond acceptors (Lipinski definition) is 3. The average molecular weight is 237 g/mol. The maximum Gasteiger partial charge on any atom is 0.138 e. The summed E-state index contributed by atoms with van der Waals surface area (Å²) in [6, 6.07) is 2.34. The molecule has 0 radical (unpaired) electrons. The molecule has 0 fully saturated rings. The third kappa shape index (κ3) is 4.69. The smallest absolute Gasteiger partial charge is 0.138 e. The van der Waals surface area contributed by atoms with Gasteiger partial charge in [-0.15, -0.1) is 0 Å². The van der Waals surface area contributed by atoms with E-state index in [1.807, 2.05) is 16.9 Å². The van der Waals surface area contributed by atoms with Gasteiger partial charge in [0, 0.05) is 18.7 Å². The normalized spacial score (nSPS) is 12.6. The van der Waals surface area contributed by atoms with Gasteiger partial charge in [-0.1, -0.05) is 6.92 Å². The van der Waals surface area contributed by atoms with Crippen LogP contribution in [0.1, 0.15) is 51.3 Å². The Morgan fingerprint density at radius 2 is 2.29 bits per heavy atom. The van der Waals surface area contributed by atoms with E-state index in [2.05, 4.69) is 18.9 Å². The monoisotopic (exact) mass is 237 g/mol. The highest BCUT2D eigenvalue weighted by Gasteiger charge is 2.08. The lowest BCUT2D eigenvalue weighted by Gasteiger charge is -2.07. The SMILES string of the molecule is CCC(C)n1ccc(CC(=O)CCCCN)n1. The minimum absolute atomic E-state index is 0.257. The van der Waals surface area contributed by atoms with Crippen LogP contribution in [0, 0.1) is 0 Å². The fourth-order valence-electron chi connectivity index (χ4n) is 1.66. The van der Waals surface area contributed by atoms with Gasteiger partial charge in [0.1, 0.15) is 5.78 Å². The zero-order valence-electron chi connectivity index (χ0n) is 10.9. The highest BCUT2D eigenvalue weighted by molar-refractivity contribution is 5.80. The predicted molar refractivity (Wildman–Crippen MR) is 68.8 cm³/mol. The number of unbranched alkanes of at least 4 members (excludes halogenated alkanes) is 1. The van der Waals surface area contributed by atoms with Gasteiger partial charge in [-0.3, -0.25) is 9.48 Å². The number of nitrogens with zero attached hydrogens (tertiary/aromatic N) is 2. The van der Waals surface area contributed by atoms with Crippen LogP contribution in [-0.2, 0) is 11.2 Å². The molecule has 1 rings (SSSR count). The molecule has 0 aliphatic rings. The van der Waals surface area contributed by atoms with Crippen molar-refractivity contribution >= 4 is 5.78 Å². The highest BCUT2D eigenvalue weighted by atomic mass is 16.1. The summed E-state index contributed by atoms with van der Waals surface area (Å²) >= 11 is 0. The van der Waals surface area contributed by atoms with E-state index in [1.165, 1.54) is 0 Å². The number of carbonyl (C=O) groups is 1. The van der Waals surface area contributed by atoms with Crippen molar-refractivity contribution in [3.8, 4) is 0 Å². The standard InChI is InChI=1S/C13H23N3O/c1-3-11(2)16-9-7-12(15-16)10-13(17)6-4-5-8-14/h7,9,11H,3-6,8,10,14H2,1-2H3. The topological polar surface area (TPSA) is 60.9 Å². The summed E-state index contributed by atoms with van der Waals surface area (Å²) < 4.78 is 1.93. The molecular weight excluding hydrogens is 214 g/mol. The maximum absolute atomic E-state index is 11.6. The minimum atomic E-state index is 0.257. The summed E-state index contributed by atoms with van der Waals surface area (Å²) in [5, 5.41) is 4.42. The summed E-state index contributed by atoms with van der Waals surface area (Å²) in [5.74, 6) is 0.257. The van der Waals surface area contributed by atoms with Gasteiger partial charge in [0.05, 0.1) is 12.1 Å². The number of nitrogens with two attached hydrogens (primary N) is 1. The van der Waals surface area contributed by atoms with Crippen LogP contribution < -0.4 is 5.73 Å². The molecule has 1 aromatic heterocycles. The van der Waals surface area contributed by atoms with Crippen molar-refractivity contribution in [3.05, 3.63) is 18.0 Å². The van der Waals surface area contributed by atoms with Gasteiger partial charge < -0.3 is 5.73 Å². The Morgan fingerprint density at radius 1 is 1.53 bits per heavy atom. The third-order valence-electron chi connectivity index (χ3n) is 2.99. The predicted octanol–water partition coefficient (Wildman–Crippen LogP) is 2.09. The van der Waals surface area contributed by atoms with E-state index in [0.717, 1.165) is 25.0 Å². The van der Waals surface area contributed by atoms with Crippen molar-refractivity contribution in [1.82, 2.24) is 9.78 Å². The zero-order chi connectivity index (χ0) is 12.7. The van der Waals surface area contributed by atoms with Crippen molar-refractivity contribution in [2.24, 2.45) is 5.73 Å². The van der Waals surface area contributed by atoms with Crippen LogP contribution in [0.3, 0.4) is 0 Å². The molecule has 0 amide bonds. The molecule has 0 aliphatic carbocycles. The van der Waals surface area contributed by atoms with Crippen LogP contribution in [0.2, 0.25) is 0 Å². The summed E-state index contributed by atoms with van der Waals surface area (Å²) in [7, 11) is 0. The van der Waals surface area contributed by atoms with Crippen LogP contribution in [0.25, 0.3) is 0 Å². The lowest BCUT2D eigenvalue weighted by Crippen LogP contribution is -2.08. The van der Waals surface area contributed by atoms with E-state index in [9.17, 15) is 4.79 Å². The molecule has 2 N–H and O–H groups in total. The minimum Gasteiger partial charge on any atom is -0.330 e. The number of rotatable bonds is 8. The molecule has 1 aromatic rings. The lowest BCUT2D eigenvalue weighted by atomic mass is 10.1. The first-order chi connectivity index (χ1) is 8.17. The van der Waals surface area contributed by atoms with Crippen molar-refractivity contribution in [3.63, 3.8) is 0 Å². The Kier molecular flexibility index (Phi) is 5.91. The van der Waals surface area contributed by atoms with Gasteiger partial charge in [-0.2, -0.15) is 5.10 Å². The van der Waals surface area contributed by atoms with Gasteiger partial charge in [-0.25, -0.2) is 0 Å². The molecule has 17 heavy (non-hydrogen) atoms. The molecular formula is C13H23N3O. The lowest BCUT2D eigenvalue weighted by molar-refractivity contribution is -0.118. The molecule has 0 spiro atoms. The number of Topliss-reactive ketones (excluding diaryl/α,β-unsaturated/α-hetero) is 1. The van der Waals surface area contributed by atoms with Crippen molar-refractivity contribution in [2.45, 2.75) is 52.0 Å². The number of ketones is 1. The van der Waals surface area contributed by atoms with Gasteiger partial charge in [-0.05, 0) is 38.8 Å². The molecule has 0 bridgehead atoms. The number of aromatic nitrogens is 2. The van der Waals surface area contributed by atoms with Crippen LogP contribution in [0.4, 0.5) is 0 Å². The number of hydrogen-bond donors (Lipinski definition) is 1. The van der Waals surface area contributed by atoms with Crippen LogP contribution in [0.5, 0.6) is 0 Å². The molecule has 4 nitrogen and oxygen atoms in total. The van der Waals surface area contributed by atoms with E-state index in [-0.39, 0.29) is 5.78 Å². The van der Waals surface area contributed by atoms with Crippen LogP contribution >= 0.6 is 0 Å². The average Bonchev–Trinajstić information content (AvgIpc) is 2.77. The molecule has 1 heterocycles. The zero-order valence-corrected chi connectivity index (χ0v) is 10.9. The Balaban J connectivity index is 2.40. The first kappa shape index (κ1) is 13.9. The van der Waals surface area contributed by atoms with Gasteiger partial charge in [0.2, 0.25) is 0 Å². The largest absolute Gasteiger partial charge is 0.330 e. The quantitative estimate of drug-likeness (QED) is 0.704. The summed E-state index contributed by atoms with van der Waals surface area (Å²) in [5.41, 5.74) is 6.27. The fourth-order valence-corrected chi connectivity index (χ4v) is 1.66. The number of carbonyl (C=O) groups excluding carboxylic acids is 1. The second kappa shape index (κ2) is 7.22. The van der Waals surface area contributed by atoms with Gasteiger partial charge in [0.15, 0.2) is 0 Å². The molecule has 96 valence electrons. The Morgan fingerprint density at radius 3 is 2.94 bits per heavy atom. The van der Waals surface area contributed by atoms with E-state index >= 15 is 0 Å². The molecule has 0 aliphatic heterocycles. The molecule has 0 saturated heterocycles. The fraction of sp³-hybridized carbons (Fsp3) is 0.692. The summed E-state index contributed by atoms with van der Waals surface area (Å²) in [4.78, 5) is 11.6. The highest BCUT2D eigenvalue weighted by Crippen LogP contribution is 2.10. The maximum atomic E-state index is 11.6. The van der Waals surface area contributed by atoms with E-state index in [4.69, 9.17) is 5.73 Å².